The zero-order valence-electron chi connectivity index (χ0n) is 8.74. The zero-order valence-corrected chi connectivity index (χ0v) is 8.74. The highest BCUT2D eigenvalue weighted by atomic mass is 19.4. The minimum Gasteiger partial charge on any atom is -0.376 e. The quantitative estimate of drug-likeness (QED) is 0.813. The minimum atomic E-state index is -4.91. The van der Waals surface area contributed by atoms with Crippen LogP contribution >= 0.6 is 0 Å². The number of alkyl halides is 3. The van der Waals surface area contributed by atoms with Gasteiger partial charge in [-0.2, -0.15) is 13.2 Å². The molecule has 1 aromatic rings. The fourth-order valence-corrected chi connectivity index (χ4v) is 1.80. The number of rotatable bonds is 1. The molecule has 0 saturated heterocycles. The van der Waals surface area contributed by atoms with E-state index in [-0.39, 0.29) is 13.1 Å². The van der Waals surface area contributed by atoms with Gasteiger partial charge in [0.05, 0.1) is 0 Å². The molecule has 0 bridgehead atoms. The number of benzene rings is 1. The second-order valence-corrected chi connectivity index (χ2v) is 3.91. The molecule has 0 spiro atoms. The molecule has 92 valence electrons. The lowest BCUT2D eigenvalue weighted by Crippen LogP contribution is -2.44. The van der Waals surface area contributed by atoms with Crippen molar-refractivity contribution in [1.82, 2.24) is 4.90 Å². The van der Waals surface area contributed by atoms with Crippen LogP contribution in [0.2, 0.25) is 0 Å². The lowest BCUT2D eigenvalue weighted by Gasteiger charge is -2.21. The van der Waals surface area contributed by atoms with Gasteiger partial charge in [-0.15, -0.1) is 0 Å². The highest BCUT2D eigenvalue weighted by Crippen LogP contribution is 2.27. The average Bonchev–Trinajstić information content (AvgIpc) is 2.69. The van der Waals surface area contributed by atoms with Crippen LogP contribution in [-0.4, -0.2) is 28.2 Å². The molecule has 1 N–H and O–H groups in total. The topological polar surface area (TPSA) is 40.5 Å². The van der Waals surface area contributed by atoms with Crippen molar-refractivity contribution in [3.8, 4) is 0 Å². The summed E-state index contributed by atoms with van der Waals surface area (Å²) in [5.74, 6) is -1.30. The van der Waals surface area contributed by atoms with Gasteiger partial charge in [-0.25, -0.2) is 0 Å². The standard InChI is InChI=1S/C11H10F3NO2/c12-11(13,14)9(16)10(17)15-5-7-3-1-2-4-8(7)6-15/h1-4,9,16H,5-6H2/t9-/m0/s1. The Hall–Kier alpha value is -1.56. The molecule has 1 aliphatic rings. The number of hydrogen-bond donors (Lipinski definition) is 1. The summed E-state index contributed by atoms with van der Waals surface area (Å²) in [6.45, 7) is 0.226. The number of hydrogen-bond acceptors (Lipinski definition) is 2. The fraction of sp³-hybridized carbons (Fsp3) is 0.364. The van der Waals surface area contributed by atoms with Crippen molar-refractivity contribution in [2.75, 3.05) is 0 Å². The third kappa shape index (κ3) is 2.26. The molecular weight excluding hydrogens is 235 g/mol. The largest absolute Gasteiger partial charge is 0.423 e. The van der Waals surface area contributed by atoms with Crippen LogP contribution in [0.5, 0.6) is 0 Å². The van der Waals surface area contributed by atoms with E-state index in [9.17, 15) is 18.0 Å². The predicted molar refractivity (Wildman–Crippen MR) is 52.8 cm³/mol. The first-order valence-electron chi connectivity index (χ1n) is 5.00. The van der Waals surface area contributed by atoms with Crippen molar-refractivity contribution in [3.05, 3.63) is 35.4 Å². The van der Waals surface area contributed by atoms with Gasteiger partial charge in [0.15, 0.2) is 0 Å². The Labute approximate surface area is 95.5 Å². The molecule has 3 nitrogen and oxygen atoms in total. The Kier molecular flexibility index (Phi) is 2.82. The summed E-state index contributed by atoms with van der Waals surface area (Å²) in [6.07, 6.45) is -7.84. The van der Waals surface area contributed by atoms with Gasteiger partial charge in [0.2, 0.25) is 6.10 Å². The average molecular weight is 245 g/mol. The van der Waals surface area contributed by atoms with Gasteiger partial charge in [0.1, 0.15) is 0 Å². The van der Waals surface area contributed by atoms with Gasteiger partial charge in [-0.1, -0.05) is 24.3 Å². The van der Waals surface area contributed by atoms with E-state index in [0.717, 1.165) is 16.0 Å². The summed E-state index contributed by atoms with van der Waals surface area (Å²) >= 11 is 0. The fourth-order valence-electron chi connectivity index (χ4n) is 1.80. The number of fused-ring (bicyclic) bond motifs is 1. The van der Waals surface area contributed by atoms with Crippen LogP contribution in [-0.2, 0) is 17.9 Å². The van der Waals surface area contributed by atoms with Crippen LogP contribution in [0.3, 0.4) is 0 Å². The second kappa shape index (κ2) is 4.03. The van der Waals surface area contributed by atoms with Gasteiger partial charge in [-0.3, -0.25) is 4.79 Å². The highest BCUT2D eigenvalue weighted by Gasteiger charge is 2.46. The molecule has 0 unspecified atom stereocenters. The SMILES string of the molecule is O=C([C@H](O)C(F)(F)F)N1Cc2ccccc2C1. The van der Waals surface area contributed by atoms with E-state index in [4.69, 9.17) is 5.11 Å². The Morgan fingerprint density at radius 1 is 1.24 bits per heavy atom. The Bertz CT molecular complexity index is 420. The molecule has 0 saturated carbocycles. The first-order valence-corrected chi connectivity index (χ1v) is 5.00. The van der Waals surface area contributed by atoms with E-state index in [2.05, 4.69) is 0 Å². The van der Waals surface area contributed by atoms with Crippen molar-refractivity contribution in [2.45, 2.75) is 25.4 Å². The van der Waals surface area contributed by atoms with E-state index in [1.807, 2.05) is 0 Å². The van der Waals surface area contributed by atoms with Gasteiger partial charge in [0.25, 0.3) is 5.91 Å². The lowest BCUT2D eigenvalue weighted by molar-refractivity contribution is -0.211. The summed E-state index contributed by atoms with van der Waals surface area (Å²) in [4.78, 5) is 12.4. The molecule has 0 fully saturated rings. The molecule has 6 heteroatoms. The minimum absolute atomic E-state index is 0.113. The van der Waals surface area contributed by atoms with Crippen LogP contribution in [0.15, 0.2) is 24.3 Å². The third-order valence-corrected chi connectivity index (χ3v) is 2.70. The first-order chi connectivity index (χ1) is 7.89. The molecule has 0 aromatic heterocycles. The van der Waals surface area contributed by atoms with E-state index >= 15 is 0 Å². The predicted octanol–water partition coefficient (Wildman–Crippen LogP) is 1.45. The number of amides is 1. The number of carbonyl (C=O) groups is 1. The maximum atomic E-state index is 12.2. The number of aliphatic hydroxyl groups is 1. The van der Waals surface area contributed by atoms with Gasteiger partial charge >= 0.3 is 6.18 Å². The van der Waals surface area contributed by atoms with E-state index < -0.39 is 18.2 Å². The summed E-state index contributed by atoms with van der Waals surface area (Å²) in [6, 6.07) is 7.02. The van der Waals surface area contributed by atoms with Crippen molar-refractivity contribution in [2.24, 2.45) is 0 Å². The molecule has 1 atom stereocenters. The van der Waals surface area contributed by atoms with Gasteiger partial charge in [0, 0.05) is 13.1 Å². The molecule has 2 rings (SSSR count). The number of halogens is 3. The molecule has 1 heterocycles. The third-order valence-electron chi connectivity index (χ3n) is 2.70. The molecular formula is C11H10F3NO2. The summed E-state index contributed by atoms with van der Waals surface area (Å²) in [7, 11) is 0. The van der Waals surface area contributed by atoms with Crippen molar-refractivity contribution < 1.29 is 23.1 Å². The maximum Gasteiger partial charge on any atom is 0.423 e. The molecule has 1 aliphatic heterocycles. The van der Waals surface area contributed by atoms with Crippen molar-refractivity contribution >= 4 is 5.91 Å². The maximum absolute atomic E-state index is 12.2. The molecule has 0 aliphatic carbocycles. The van der Waals surface area contributed by atoms with E-state index in [1.54, 1.807) is 24.3 Å². The molecule has 0 radical (unpaired) electrons. The Balaban J connectivity index is 2.11. The Morgan fingerprint density at radius 3 is 2.12 bits per heavy atom. The van der Waals surface area contributed by atoms with Gasteiger partial charge < -0.3 is 10.0 Å². The molecule has 17 heavy (non-hydrogen) atoms. The van der Waals surface area contributed by atoms with Crippen molar-refractivity contribution in [3.63, 3.8) is 0 Å². The number of aliphatic hydroxyl groups excluding tert-OH is 1. The molecule has 1 aromatic carbocycles. The zero-order chi connectivity index (χ0) is 12.6. The van der Waals surface area contributed by atoms with E-state index in [1.165, 1.54) is 0 Å². The van der Waals surface area contributed by atoms with Crippen LogP contribution in [0.4, 0.5) is 13.2 Å². The van der Waals surface area contributed by atoms with Crippen LogP contribution in [0.25, 0.3) is 0 Å². The first kappa shape index (κ1) is 11.9. The summed E-state index contributed by atoms with van der Waals surface area (Å²) in [5.41, 5.74) is 1.63. The molecule has 1 amide bonds. The van der Waals surface area contributed by atoms with E-state index in [0.29, 0.717) is 0 Å². The number of nitrogens with zero attached hydrogens (tertiary/aromatic N) is 1. The smallest absolute Gasteiger partial charge is 0.376 e. The summed E-state index contributed by atoms with van der Waals surface area (Å²) < 4.78 is 36.6. The van der Waals surface area contributed by atoms with Crippen LogP contribution in [0, 0.1) is 0 Å². The van der Waals surface area contributed by atoms with Gasteiger partial charge in [-0.05, 0) is 11.1 Å². The second-order valence-electron chi connectivity index (χ2n) is 3.91. The normalized spacial score (nSPS) is 16.8. The van der Waals surface area contributed by atoms with Crippen LogP contribution in [0.1, 0.15) is 11.1 Å². The number of carbonyl (C=O) groups excluding carboxylic acids is 1. The summed E-state index contributed by atoms with van der Waals surface area (Å²) in [5, 5.41) is 8.88. The Morgan fingerprint density at radius 2 is 1.71 bits per heavy atom. The van der Waals surface area contributed by atoms with Crippen molar-refractivity contribution in [1.29, 1.82) is 0 Å². The van der Waals surface area contributed by atoms with Crippen LogP contribution < -0.4 is 0 Å². The monoisotopic (exact) mass is 245 g/mol. The lowest BCUT2D eigenvalue weighted by atomic mass is 10.1. The highest BCUT2D eigenvalue weighted by molar-refractivity contribution is 5.82.